The molecule has 0 amide bonds. The van der Waals surface area contributed by atoms with Crippen LogP contribution in [0.25, 0.3) is 0 Å². The molecule has 6 heteroatoms. The van der Waals surface area contributed by atoms with E-state index in [0.29, 0.717) is 9.38 Å². The van der Waals surface area contributed by atoms with Crippen molar-refractivity contribution in [2.24, 2.45) is 5.92 Å². The topological polar surface area (TPSA) is 66.4 Å². The molecule has 0 saturated carbocycles. The fourth-order valence-corrected chi connectivity index (χ4v) is 4.67. The van der Waals surface area contributed by atoms with Crippen LogP contribution in [-0.4, -0.2) is 26.2 Å². The molecule has 1 aromatic rings. The minimum absolute atomic E-state index is 0.106. The number of benzene rings is 1. The lowest BCUT2D eigenvalue weighted by molar-refractivity contribution is 0.338. The van der Waals surface area contributed by atoms with Gasteiger partial charge >= 0.3 is 0 Å². The van der Waals surface area contributed by atoms with Gasteiger partial charge in [0.15, 0.2) is 0 Å². The first-order valence-electron chi connectivity index (χ1n) is 7.69. The van der Waals surface area contributed by atoms with Gasteiger partial charge in [0.1, 0.15) is 0 Å². The average molecular weight is 404 g/mol. The molecule has 0 aliphatic carbocycles. The summed E-state index contributed by atoms with van der Waals surface area (Å²) in [6, 6.07) is 3.37. The second kappa shape index (κ2) is 8.42. The van der Waals surface area contributed by atoms with Crippen LogP contribution in [-0.2, 0) is 10.0 Å². The van der Waals surface area contributed by atoms with Gasteiger partial charge in [-0.3, -0.25) is 0 Å². The lowest BCUT2D eigenvalue weighted by Crippen LogP contribution is -2.38. The predicted molar refractivity (Wildman–Crippen MR) is 98.3 cm³/mol. The Hall–Kier alpha value is -0.690. The minimum atomic E-state index is -3.64. The van der Waals surface area contributed by atoms with Crippen LogP contribution in [0, 0.1) is 26.7 Å². The van der Waals surface area contributed by atoms with E-state index in [1.54, 1.807) is 6.08 Å². The fraction of sp³-hybridized carbons (Fsp3) is 0.529. The number of sulfonamides is 1. The molecule has 0 saturated heterocycles. The van der Waals surface area contributed by atoms with Crippen LogP contribution < -0.4 is 4.72 Å². The lowest BCUT2D eigenvalue weighted by Gasteiger charge is -2.23. The molecule has 4 nitrogen and oxygen atoms in total. The Labute approximate surface area is 148 Å². The number of rotatable bonds is 7. The number of aryl methyl sites for hydroxylation is 3. The molecule has 0 aromatic heterocycles. The molecule has 0 aliphatic heterocycles. The molecule has 0 bridgehead atoms. The molecule has 0 radical (unpaired) electrons. The van der Waals surface area contributed by atoms with Gasteiger partial charge in [-0.2, -0.15) is 0 Å². The quantitative estimate of drug-likeness (QED) is 0.730. The van der Waals surface area contributed by atoms with E-state index in [1.807, 2.05) is 46.8 Å². The molecule has 0 aliphatic rings. The van der Waals surface area contributed by atoms with Gasteiger partial charge in [-0.1, -0.05) is 60.0 Å². The third kappa shape index (κ3) is 5.41. The van der Waals surface area contributed by atoms with Crippen LogP contribution in [0.2, 0.25) is 0 Å². The Bertz CT molecular complexity index is 660. The number of hydrogen-bond donors (Lipinski definition) is 2. The summed E-state index contributed by atoms with van der Waals surface area (Å²) in [5.41, 5.74) is 2.52. The van der Waals surface area contributed by atoms with Crippen molar-refractivity contribution in [3.05, 3.63) is 39.4 Å². The third-order valence-electron chi connectivity index (χ3n) is 3.93. The van der Waals surface area contributed by atoms with E-state index in [4.69, 9.17) is 0 Å². The van der Waals surface area contributed by atoms with Crippen LogP contribution in [0.4, 0.5) is 0 Å². The lowest BCUT2D eigenvalue weighted by atomic mass is 10.00. The highest BCUT2D eigenvalue weighted by molar-refractivity contribution is 9.11. The summed E-state index contributed by atoms with van der Waals surface area (Å²) in [6.45, 7) is 9.41. The second-order valence-corrected chi connectivity index (χ2v) is 8.70. The van der Waals surface area contributed by atoms with Crippen molar-refractivity contribution < 1.29 is 13.5 Å². The summed E-state index contributed by atoms with van der Waals surface area (Å²) in [7, 11) is -3.64. The zero-order valence-electron chi connectivity index (χ0n) is 14.4. The van der Waals surface area contributed by atoms with E-state index in [2.05, 4.69) is 20.7 Å². The molecule has 2 atom stereocenters. The molecule has 1 rings (SSSR count). The van der Waals surface area contributed by atoms with Gasteiger partial charge in [0.2, 0.25) is 10.0 Å². The van der Waals surface area contributed by atoms with Crippen molar-refractivity contribution in [1.82, 2.24) is 4.72 Å². The van der Waals surface area contributed by atoms with E-state index < -0.39 is 10.0 Å². The summed E-state index contributed by atoms with van der Waals surface area (Å²) < 4.78 is 29.1. The van der Waals surface area contributed by atoms with Crippen LogP contribution in [0.3, 0.4) is 0 Å². The number of aliphatic hydroxyl groups excluding tert-OH is 1. The molecule has 0 heterocycles. The maximum Gasteiger partial charge on any atom is 0.241 e. The van der Waals surface area contributed by atoms with Crippen LogP contribution in [0.1, 0.15) is 37.0 Å². The summed E-state index contributed by atoms with van der Waals surface area (Å²) in [4.78, 5) is 0.338. The minimum Gasteiger partial charge on any atom is -0.391 e. The van der Waals surface area contributed by atoms with Gasteiger partial charge < -0.3 is 5.11 Å². The van der Waals surface area contributed by atoms with Gasteiger partial charge in [0, 0.05) is 10.5 Å². The zero-order chi connectivity index (χ0) is 17.8. The molecular weight excluding hydrogens is 378 g/mol. The second-order valence-electron chi connectivity index (χ2n) is 6.03. The first-order valence-corrected chi connectivity index (χ1v) is 9.97. The van der Waals surface area contributed by atoms with E-state index in [-0.39, 0.29) is 18.6 Å². The SMILES string of the molecule is CC[C@H](C)[C@@H](/C=C(\Br)CO)NS(=O)(=O)c1c(C)cc(C)cc1C. The van der Waals surface area contributed by atoms with Crippen molar-refractivity contribution in [2.45, 2.75) is 52.0 Å². The van der Waals surface area contributed by atoms with Crippen molar-refractivity contribution in [3.63, 3.8) is 0 Å². The molecule has 130 valence electrons. The summed E-state index contributed by atoms with van der Waals surface area (Å²) in [5, 5.41) is 9.18. The Kier molecular flexibility index (Phi) is 7.45. The summed E-state index contributed by atoms with van der Waals surface area (Å²) >= 11 is 3.25. The highest BCUT2D eigenvalue weighted by atomic mass is 79.9. The molecule has 1 aromatic carbocycles. The molecular formula is C17H26BrNO3S. The van der Waals surface area contributed by atoms with Crippen LogP contribution >= 0.6 is 15.9 Å². The number of aliphatic hydroxyl groups is 1. The van der Waals surface area contributed by atoms with Crippen molar-refractivity contribution in [3.8, 4) is 0 Å². The maximum absolute atomic E-state index is 12.9. The molecule has 0 unspecified atom stereocenters. The van der Waals surface area contributed by atoms with Crippen molar-refractivity contribution >= 4 is 26.0 Å². The van der Waals surface area contributed by atoms with E-state index in [1.165, 1.54) is 0 Å². The monoisotopic (exact) mass is 403 g/mol. The summed E-state index contributed by atoms with van der Waals surface area (Å²) in [5.74, 6) is 0.106. The highest BCUT2D eigenvalue weighted by Gasteiger charge is 2.25. The largest absolute Gasteiger partial charge is 0.391 e. The van der Waals surface area contributed by atoms with E-state index in [9.17, 15) is 13.5 Å². The van der Waals surface area contributed by atoms with E-state index in [0.717, 1.165) is 23.1 Å². The fourth-order valence-electron chi connectivity index (χ4n) is 2.64. The molecule has 0 spiro atoms. The first-order chi connectivity index (χ1) is 10.6. The average Bonchev–Trinajstić information content (AvgIpc) is 2.43. The van der Waals surface area contributed by atoms with Crippen molar-refractivity contribution in [2.75, 3.05) is 6.61 Å². The smallest absolute Gasteiger partial charge is 0.241 e. The normalized spacial score (nSPS) is 15.5. The summed E-state index contributed by atoms with van der Waals surface area (Å²) in [6.07, 6.45) is 2.55. The zero-order valence-corrected chi connectivity index (χ0v) is 16.8. The number of halogens is 1. The van der Waals surface area contributed by atoms with Gasteiger partial charge in [-0.25, -0.2) is 13.1 Å². The van der Waals surface area contributed by atoms with Gasteiger partial charge in [-0.15, -0.1) is 0 Å². The van der Waals surface area contributed by atoms with Crippen LogP contribution in [0.15, 0.2) is 27.6 Å². The van der Waals surface area contributed by atoms with E-state index >= 15 is 0 Å². The maximum atomic E-state index is 12.9. The highest BCUT2D eigenvalue weighted by Crippen LogP contribution is 2.23. The van der Waals surface area contributed by atoms with Crippen LogP contribution in [0.5, 0.6) is 0 Å². The standard InChI is InChI=1S/C17H26BrNO3S/c1-6-12(3)16(9-15(18)10-20)19-23(21,22)17-13(4)7-11(2)8-14(17)5/h7-9,12,16,19-20H,6,10H2,1-5H3/b15-9-/t12-,16+/m0/s1. The molecule has 0 fully saturated rings. The van der Waals surface area contributed by atoms with Crippen molar-refractivity contribution in [1.29, 1.82) is 0 Å². The third-order valence-corrected chi connectivity index (χ3v) is 6.21. The van der Waals surface area contributed by atoms with Gasteiger partial charge in [0.25, 0.3) is 0 Å². The van der Waals surface area contributed by atoms with Gasteiger partial charge in [-0.05, 0) is 37.8 Å². The molecule has 2 N–H and O–H groups in total. The Balaban J connectivity index is 3.27. The number of nitrogens with one attached hydrogen (secondary N) is 1. The Morgan fingerprint density at radius 1 is 1.30 bits per heavy atom. The Morgan fingerprint density at radius 2 is 1.83 bits per heavy atom. The first kappa shape index (κ1) is 20.4. The number of hydrogen-bond acceptors (Lipinski definition) is 3. The Morgan fingerprint density at radius 3 is 2.26 bits per heavy atom. The molecule has 23 heavy (non-hydrogen) atoms. The van der Waals surface area contributed by atoms with Gasteiger partial charge in [0.05, 0.1) is 11.5 Å². The predicted octanol–water partition coefficient (Wildman–Crippen LogP) is 3.58.